The van der Waals surface area contributed by atoms with Gasteiger partial charge in [-0.25, -0.2) is 0 Å². The Morgan fingerprint density at radius 3 is 2.43 bits per heavy atom. The highest BCUT2D eigenvalue weighted by atomic mass is 16.1. The first-order valence-corrected chi connectivity index (χ1v) is 8.20. The van der Waals surface area contributed by atoms with Gasteiger partial charge in [-0.05, 0) is 50.3 Å². The Balaban J connectivity index is 1.57. The number of carbonyl (C=O) groups is 1. The Bertz CT molecular complexity index is 433. The van der Waals surface area contributed by atoms with Crippen molar-refractivity contribution in [2.24, 2.45) is 11.8 Å². The quantitative estimate of drug-likeness (QED) is 0.790. The van der Waals surface area contributed by atoms with Gasteiger partial charge in [0.2, 0.25) is 0 Å². The van der Waals surface area contributed by atoms with Crippen molar-refractivity contribution in [1.82, 2.24) is 10.6 Å². The van der Waals surface area contributed by atoms with Crippen molar-refractivity contribution in [3.63, 3.8) is 0 Å². The highest BCUT2D eigenvalue weighted by molar-refractivity contribution is 5.94. The van der Waals surface area contributed by atoms with E-state index in [0.717, 1.165) is 30.5 Å². The molecule has 21 heavy (non-hydrogen) atoms. The van der Waals surface area contributed by atoms with Crippen molar-refractivity contribution < 1.29 is 4.79 Å². The van der Waals surface area contributed by atoms with Crippen LogP contribution >= 0.6 is 0 Å². The summed E-state index contributed by atoms with van der Waals surface area (Å²) in [5, 5.41) is 6.43. The number of carbonyl (C=O) groups excluding carboxylic acids is 1. The van der Waals surface area contributed by atoms with Crippen LogP contribution in [0.2, 0.25) is 0 Å². The molecule has 1 saturated carbocycles. The second-order valence-electron chi connectivity index (χ2n) is 6.45. The minimum atomic E-state index is 0.0169. The van der Waals surface area contributed by atoms with E-state index in [9.17, 15) is 4.79 Å². The van der Waals surface area contributed by atoms with Crippen LogP contribution < -0.4 is 10.6 Å². The van der Waals surface area contributed by atoms with Crippen LogP contribution in [0.4, 0.5) is 0 Å². The zero-order valence-electron chi connectivity index (χ0n) is 13.3. The molecule has 0 heterocycles. The molecule has 0 bridgehead atoms. The molecule has 0 aliphatic heterocycles. The number of amides is 1. The first-order chi connectivity index (χ1) is 10.1. The third-order valence-corrected chi connectivity index (χ3v) is 4.47. The van der Waals surface area contributed by atoms with E-state index < -0.39 is 0 Å². The minimum Gasteiger partial charge on any atom is -0.351 e. The highest BCUT2D eigenvalue weighted by Crippen LogP contribution is 2.27. The lowest BCUT2D eigenvalue weighted by Gasteiger charge is -2.26. The molecule has 116 valence electrons. The van der Waals surface area contributed by atoms with Crippen LogP contribution in [0.3, 0.4) is 0 Å². The maximum absolute atomic E-state index is 11.9. The van der Waals surface area contributed by atoms with E-state index in [4.69, 9.17) is 0 Å². The number of hydrogen-bond acceptors (Lipinski definition) is 2. The lowest BCUT2D eigenvalue weighted by atomic mass is 9.83. The van der Waals surface area contributed by atoms with Crippen LogP contribution in [-0.2, 0) is 0 Å². The maximum Gasteiger partial charge on any atom is 0.251 e. The zero-order valence-corrected chi connectivity index (χ0v) is 13.3. The van der Waals surface area contributed by atoms with Crippen LogP contribution in [0.25, 0.3) is 0 Å². The summed E-state index contributed by atoms with van der Waals surface area (Å²) < 4.78 is 0. The van der Waals surface area contributed by atoms with E-state index in [-0.39, 0.29) is 5.91 Å². The SMILES string of the molecule is Cc1ccc(C(=O)NCCNCC2CCC(C)CC2)cc1. The molecular formula is C18H28N2O. The topological polar surface area (TPSA) is 41.1 Å². The van der Waals surface area contributed by atoms with E-state index in [1.54, 1.807) is 0 Å². The van der Waals surface area contributed by atoms with Crippen LogP contribution in [-0.4, -0.2) is 25.5 Å². The number of rotatable bonds is 6. The molecule has 0 saturated heterocycles. The predicted molar refractivity (Wildman–Crippen MR) is 87.5 cm³/mol. The summed E-state index contributed by atoms with van der Waals surface area (Å²) in [4.78, 5) is 11.9. The first kappa shape index (κ1) is 16.0. The Morgan fingerprint density at radius 2 is 1.76 bits per heavy atom. The van der Waals surface area contributed by atoms with E-state index >= 15 is 0 Å². The van der Waals surface area contributed by atoms with Gasteiger partial charge >= 0.3 is 0 Å². The monoisotopic (exact) mass is 288 g/mol. The van der Waals surface area contributed by atoms with Gasteiger partial charge < -0.3 is 10.6 Å². The molecule has 1 aliphatic rings. The lowest BCUT2D eigenvalue weighted by molar-refractivity contribution is 0.0953. The molecule has 2 rings (SSSR count). The molecule has 1 amide bonds. The molecule has 1 aliphatic carbocycles. The van der Waals surface area contributed by atoms with Gasteiger partial charge in [0.15, 0.2) is 0 Å². The van der Waals surface area contributed by atoms with Crippen LogP contribution in [0.5, 0.6) is 0 Å². The maximum atomic E-state index is 11.9. The Kier molecular flexibility index (Phi) is 6.24. The van der Waals surface area contributed by atoms with Gasteiger partial charge in [0, 0.05) is 18.7 Å². The fourth-order valence-electron chi connectivity index (χ4n) is 2.91. The molecule has 3 heteroatoms. The fourth-order valence-corrected chi connectivity index (χ4v) is 2.91. The summed E-state index contributed by atoms with van der Waals surface area (Å²) in [5.41, 5.74) is 1.91. The van der Waals surface area contributed by atoms with Gasteiger partial charge in [-0.15, -0.1) is 0 Å². The van der Waals surface area contributed by atoms with Gasteiger partial charge in [0.25, 0.3) is 5.91 Å². The van der Waals surface area contributed by atoms with Crippen LogP contribution in [0.15, 0.2) is 24.3 Å². The zero-order chi connectivity index (χ0) is 15.1. The molecule has 0 aromatic heterocycles. The minimum absolute atomic E-state index is 0.0169. The van der Waals surface area contributed by atoms with E-state index in [1.165, 1.54) is 31.2 Å². The van der Waals surface area contributed by atoms with Gasteiger partial charge in [-0.2, -0.15) is 0 Å². The number of hydrogen-bond donors (Lipinski definition) is 2. The summed E-state index contributed by atoms with van der Waals surface area (Å²) in [6, 6.07) is 7.69. The van der Waals surface area contributed by atoms with Crippen molar-refractivity contribution in [3.8, 4) is 0 Å². The van der Waals surface area contributed by atoms with Crippen molar-refractivity contribution in [1.29, 1.82) is 0 Å². The van der Waals surface area contributed by atoms with E-state index in [1.807, 2.05) is 31.2 Å². The molecule has 0 atom stereocenters. The molecule has 0 spiro atoms. The Morgan fingerprint density at radius 1 is 1.10 bits per heavy atom. The molecule has 1 fully saturated rings. The third kappa shape index (κ3) is 5.50. The summed E-state index contributed by atoms with van der Waals surface area (Å²) in [6.07, 6.45) is 5.45. The van der Waals surface area contributed by atoms with Crippen LogP contribution in [0, 0.1) is 18.8 Å². The third-order valence-electron chi connectivity index (χ3n) is 4.47. The molecule has 2 N–H and O–H groups in total. The van der Waals surface area contributed by atoms with Crippen molar-refractivity contribution in [2.45, 2.75) is 39.5 Å². The summed E-state index contributed by atoms with van der Waals surface area (Å²) >= 11 is 0. The molecule has 1 aromatic rings. The predicted octanol–water partition coefficient (Wildman–Crippen LogP) is 3.14. The van der Waals surface area contributed by atoms with Gasteiger partial charge in [-0.3, -0.25) is 4.79 Å². The van der Waals surface area contributed by atoms with Crippen molar-refractivity contribution >= 4 is 5.91 Å². The average Bonchev–Trinajstić information content (AvgIpc) is 2.49. The lowest BCUT2D eigenvalue weighted by Crippen LogP contribution is -2.34. The smallest absolute Gasteiger partial charge is 0.251 e. The van der Waals surface area contributed by atoms with E-state index in [2.05, 4.69) is 17.6 Å². The molecule has 0 radical (unpaired) electrons. The summed E-state index contributed by atoms with van der Waals surface area (Å²) in [5.74, 6) is 1.76. The number of aryl methyl sites for hydroxylation is 1. The Labute approximate surface area is 128 Å². The molecule has 1 aromatic carbocycles. The summed E-state index contributed by atoms with van der Waals surface area (Å²) in [6.45, 7) is 7.01. The van der Waals surface area contributed by atoms with Gasteiger partial charge in [0.1, 0.15) is 0 Å². The number of nitrogens with one attached hydrogen (secondary N) is 2. The largest absolute Gasteiger partial charge is 0.351 e. The van der Waals surface area contributed by atoms with Gasteiger partial charge in [-0.1, -0.05) is 37.5 Å². The standard InChI is InChI=1S/C18H28N2O/c1-14-3-7-16(8-4-14)13-19-11-12-20-18(21)17-9-5-15(2)6-10-17/h5-6,9-10,14,16,19H,3-4,7-8,11-13H2,1-2H3,(H,20,21). The van der Waals surface area contributed by atoms with E-state index in [0.29, 0.717) is 6.54 Å². The Hall–Kier alpha value is -1.35. The summed E-state index contributed by atoms with van der Waals surface area (Å²) in [7, 11) is 0. The van der Waals surface area contributed by atoms with Crippen molar-refractivity contribution in [2.75, 3.05) is 19.6 Å². The highest BCUT2D eigenvalue weighted by Gasteiger charge is 2.17. The number of benzene rings is 1. The fraction of sp³-hybridized carbons (Fsp3) is 0.611. The normalized spacial score (nSPS) is 22.0. The molecule has 0 unspecified atom stereocenters. The molecule has 3 nitrogen and oxygen atoms in total. The van der Waals surface area contributed by atoms with Crippen LogP contribution in [0.1, 0.15) is 48.5 Å². The van der Waals surface area contributed by atoms with Gasteiger partial charge in [0.05, 0.1) is 0 Å². The second-order valence-corrected chi connectivity index (χ2v) is 6.45. The van der Waals surface area contributed by atoms with Crippen molar-refractivity contribution in [3.05, 3.63) is 35.4 Å². The first-order valence-electron chi connectivity index (χ1n) is 8.20. The average molecular weight is 288 g/mol. The second kappa shape index (κ2) is 8.18. The molecular weight excluding hydrogens is 260 g/mol.